The Labute approximate surface area is 91.7 Å². The van der Waals surface area contributed by atoms with Crippen molar-refractivity contribution < 1.29 is 4.42 Å². The molecule has 0 atom stereocenters. The first-order valence-electron chi connectivity index (χ1n) is 5.45. The first-order valence-corrected chi connectivity index (χ1v) is 5.45. The number of nitrogens with zero attached hydrogens (tertiary/aromatic N) is 2. The molecular weight excluding hydrogens is 190 g/mol. The third kappa shape index (κ3) is 5.54. The number of rotatable bonds is 7. The second-order valence-corrected chi connectivity index (χ2v) is 4.30. The van der Waals surface area contributed by atoms with Crippen LogP contribution in [0.25, 0.3) is 0 Å². The van der Waals surface area contributed by atoms with Crippen molar-refractivity contribution in [3.8, 4) is 0 Å². The van der Waals surface area contributed by atoms with Crippen LogP contribution >= 0.6 is 0 Å². The summed E-state index contributed by atoms with van der Waals surface area (Å²) in [5.74, 6) is 1.63. The quantitative estimate of drug-likeness (QED) is 0.691. The van der Waals surface area contributed by atoms with Gasteiger partial charge >= 0.3 is 0 Å². The van der Waals surface area contributed by atoms with Crippen LogP contribution in [0.4, 0.5) is 0 Å². The largest absolute Gasteiger partial charge is 0.447 e. The molecule has 0 bridgehead atoms. The summed E-state index contributed by atoms with van der Waals surface area (Å²) in [4.78, 5) is 6.10. The summed E-state index contributed by atoms with van der Waals surface area (Å²) in [5.41, 5.74) is 0. The van der Waals surface area contributed by atoms with Gasteiger partial charge in [-0.1, -0.05) is 13.8 Å². The first-order chi connectivity index (χ1) is 7.18. The Morgan fingerprint density at radius 3 is 2.93 bits per heavy atom. The Kier molecular flexibility index (Phi) is 5.36. The maximum atomic E-state index is 5.18. The highest BCUT2D eigenvalue weighted by Gasteiger charge is 2.02. The highest BCUT2D eigenvalue weighted by Crippen LogP contribution is 2.00. The summed E-state index contributed by atoms with van der Waals surface area (Å²) in [6.07, 6.45) is 3.23. The Bertz CT molecular complexity index is 246. The van der Waals surface area contributed by atoms with E-state index in [4.69, 9.17) is 4.42 Å². The van der Waals surface area contributed by atoms with E-state index < -0.39 is 0 Å². The van der Waals surface area contributed by atoms with Gasteiger partial charge in [0.2, 0.25) is 0 Å². The predicted octanol–water partition coefficient (Wildman–Crippen LogP) is 1.35. The lowest BCUT2D eigenvalue weighted by molar-refractivity contribution is 0.292. The number of aromatic nitrogens is 1. The van der Waals surface area contributed by atoms with Crippen LogP contribution in [0.5, 0.6) is 0 Å². The maximum absolute atomic E-state index is 5.18. The monoisotopic (exact) mass is 211 g/mol. The first kappa shape index (κ1) is 12.2. The Morgan fingerprint density at radius 2 is 2.33 bits per heavy atom. The molecule has 86 valence electrons. The van der Waals surface area contributed by atoms with E-state index in [1.165, 1.54) is 6.39 Å². The third-order valence-corrected chi connectivity index (χ3v) is 2.13. The summed E-state index contributed by atoms with van der Waals surface area (Å²) in [6.45, 7) is 8.37. The van der Waals surface area contributed by atoms with Crippen molar-refractivity contribution in [3.05, 3.63) is 18.4 Å². The Hall–Kier alpha value is -0.870. The molecule has 0 unspecified atom stereocenters. The molecule has 0 fully saturated rings. The highest BCUT2D eigenvalue weighted by atomic mass is 16.3. The highest BCUT2D eigenvalue weighted by molar-refractivity contribution is 4.87. The minimum absolute atomic E-state index is 0.713. The Balaban J connectivity index is 2.06. The second-order valence-electron chi connectivity index (χ2n) is 4.30. The molecule has 0 aliphatic carbocycles. The van der Waals surface area contributed by atoms with Crippen LogP contribution < -0.4 is 5.32 Å². The van der Waals surface area contributed by atoms with Crippen molar-refractivity contribution in [2.24, 2.45) is 5.92 Å². The van der Waals surface area contributed by atoms with Gasteiger partial charge in [0.25, 0.3) is 0 Å². The van der Waals surface area contributed by atoms with Gasteiger partial charge in [-0.25, -0.2) is 4.98 Å². The molecule has 0 aliphatic rings. The SMILES string of the molecule is CC(C)CNCCN(C)Cc1cnco1. The van der Waals surface area contributed by atoms with Gasteiger partial charge in [-0.3, -0.25) is 4.90 Å². The second kappa shape index (κ2) is 6.58. The summed E-state index contributed by atoms with van der Waals surface area (Å²) in [5, 5.41) is 3.41. The van der Waals surface area contributed by atoms with Gasteiger partial charge < -0.3 is 9.73 Å². The fraction of sp³-hybridized carbons (Fsp3) is 0.727. The van der Waals surface area contributed by atoms with E-state index in [1.54, 1.807) is 6.20 Å². The van der Waals surface area contributed by atoms with Gasteiger partial charge in [-0.2, -0.15) is 0 Å². The van der Waals surface area contributed by atoms with Crippen molar-refractivity contribution >= 4 is 0 Å². The molecule has 0 aliphatic heterocycles. The van der Waals surface area contributed by atoms with Gasteiger partial charge in [-0.15, -0.1) is 0 Å². The molecule has 0 saturated carbocycles. The molecule has 0 spiro atoms. The van der Waals surface area contributed by atoms with Crippen LogP contribution in [0, 0.1) is 5.92 Å². The predicted molar refractivity (Wildman–Crippen MR) is 60.5 cm³/mol. The van der Waals surface area contributed by atoms with Crippen LogP contribution in [0.1, 0.15) is 19.6 Å². The van der Waals surface area contributed by atoms with E-state index in [0.29, 0.717) is 5.92 Å². The molecule has 0 amide bonds. The van der Waals surface area contributed by atoms with E-state index in [9.17, 15) is 0 Å². The van der Waals surface area contributed by atoms with Crippen LogP contribution in [0.2, 0.25) is 0 Å². The molecule has 4 heteroatoms. The fourth-order valence-corrected chi connectivity index (χ4v) is 1.33. The number of nitrogens with one attached hydrogen (secondary N) is 1. The Morgan fingerprint density at radius 1 is 1.53 bits per heavy atom. The minimum Gasteiger partial charge on any atom is -0.447 e. The third-order valence-electron chi connectivity index (χ3n) is 2.13. The fourth-order valence-electron chi connectivity index (χ4n) is 1.33. The molecule has 0 radical (unpaired) electrons. The molecular formula is C11H21N3O. The van der Waals surface area contributed by atoms with E-state index >= 15 is 0 Å². The van der Waals surface area contributed by atoms with E-state index in [2.05, 4.69) is 36.1 Å². The summed E-state index contributed by atoms with van der Waals surface area (Å²) >= 11 is 0. The van der Waals surface area contributed by atoms with Crippen molar-refractivity contribution in [2.75, 3.05) is 26.7 Å². The minimum atomic E-state index is 0.713. The van der Waals surface area contributed by atoms with Crippen LogP contribution in [0.3, 0.4) is 0 Å². The molecule has 1 heterocycles. The maximum Gasteiger partial charge on any atom is 0.180 e. The number of likely N-dealkylation sites (N-methyl/N-ethyl adjacent to an activating group) is 1. The molecule has 15 heavy (non-hydrogen) atoms. The number of hydrogen-bond acceptors (Lipinski definition) is 4. The zero-order valence-corrected chi connectivity index (χ0v) is 9.86. The lowest BCUT2D eigenvalue weighted by Gasteiger charge is -2.15. The van der Waals surface area contributed by atoms with Crippen molar-refractivity contribution in [3.63, 3.8) is 0 Å². The van der Waals surface area contributed by atoms with Gasteiger partial charge in [0, 0.05) is 13.1 Å². The van der Waals surface area contributed by atoms with Crippen molar-refractivity contribution in [2.45, 2.75) is 20.4 Å². The summed E-state index contributed by atoms with van der Waals surface area (Å²) < 4.78 is 5.18. The van der Waals surface area contributed by atoms with Crippen LogP contribution in [-0.4, -0.2) is 36.6 Å². The summed E-state index contributed by atoms with van der Waals surface area (Å²) in [6, 6.07) is 0. The standard InChI is InChI=1S/C11H21N3O/c1-10(2)6-12-4-5-14(3)8-11-7-13-9-15-11/h7,9-10,12H,4-6,8H2,1-3H3. The molecule has 1 N–H and O–H groups in total. The lowest BCUT2D eigenvalue weighted by Crippen LogP contribution is -2.30. The summed E-state index contributed by atoms with van der Waals surface area (Å²) in [7, 11) is 2.08. The van der Waals surface area contributed by atoms with Gasteiger partial charge in [0.05, 0.1) is 12.7 Å². The molecule has 4 nitrogen and oxygen atoms in total. The topological polar surface area (TPSA) is 41.3 Å². The molecule has 0 saturated heterocycles. The van der Waals surface area contributed by atoms with Gasteiger partial charge in [0.15, 0.2) is 6.39 Å². The molecule has 0 aromatic carbocycles. The zero-order chi connectivity index (χ0) is 11.1. The van der Waals surface area contributed by atoms with Crippen LogP contribution in [0.15, 0.2) is 17.0 Å². The molecule has 1 aromatic heterocycles. The number of hydrogen-bond donors (Lipinski definition) is 1. The van der Waals surface area contributed by atoms with Crippen molar-refractivity contribution in [1.82, 2.24) is 15.2 Å². The van der Waals surface area contributed by atoms with Crippen molar-refractivity contribution in [1.29, 1.82) is 0 Å². The lowest BCUT2D eigenvalue weighted by atomic mass is 10.2. The average Bonchev–Trinajstić information content (AvgIpc) is 2.64. The van der Waals surface area contributed by atoms with E-state index in [0.717, 1.165) is 31.9 Å². The van der Waals surface area contributed by atoms with E-state index in [1.807, 2.05) is 0 Å². The molecule has 1 aromatic rings. The van der Waals surface area contributed by atoms with Gasteiger partial charge in [0.1, 0.15) is 5.76 Å². The van der Waals surface area contributed by atoms with Gasteiger partial charge in [-0.05, 0) is 19.5 Å². The smallest absolute Gasteiger partial charge is 0.180 e. The zero-order valence-electron chi connectivity index (χ0n) is 9.86. The average molecular weight is 211 g/mol. The molecule has 1 rings (SSSR count). The number of oxazole rings is 1. The normalized spacial score (nSPS) is 11.5. The van der Waals surface area contributed by atoms with Crippen LogP contribution in [-0.2, 0) is 6.54 Å². The van der Waals surface area contributed by atoms with E-state index in [-0.39, 0.29) is 0 Å².